The number of aliphatic hydroxyl groups is 1. The van der Waals surface area contributed by atoms with Gasteiger partial charge in [0.2, 0.25) is 0 Å². The Morgan fingerprint density at radius 2 is 1.85 bits per heavy atom. The molecule has 1 atom stereocenters. The van der Waals surface area contributed by atoms with Crippen LogP contribution in [0.4, 0.5) is 0 Å². The van der Waals surface area contributed by atoms with Gasteiger partial charge in [-0.15, -0.1) is 11.8 Å². The summed E-state index contributed by atoms with van der Waals surface area (Å²) in [5, 5.41) is 9.86. The van der Waals surface area contributed by atoms with Crippen molar-refractivity contribution in [2.45, 2.75) is 11.0 Å². The third-order valence-electron chi connectivity index (χ3n) is 4.11. The third-order valence-corrected chi connectivity index (χ3v) is 5.18. The van der Waals surface area contributed by atoms with Gasteiger partial charge in [-0.05, 0) is 12.1 Å². The molecule has 5 nitrogen and oxygen atoms in total. The predicted octanol–water partition coefficient (Wildman–Crippen LogP) is 2.49. The van der Waals surface area contributed by atoms with Gasteiger partial charge in [0.05, 0.1) is 30.6 Å². The maximum Gasteiger partial charge on any atom is 0.255 e. The SMILES string of the molecule is O=C(CSc1ccccc1C(=O)N1CCOCC(O)C1)c1ccccc1. The number of Topliss-reactive ketones (excluding diaryl/α,β-unsaturated/α-hetero) is 1. The van der Waals surface area contributed by atoms with Crippen molar-refractivity contribution in [3.05, 3.63) is 65.7 Å². The molecule has 0 aliphatic carbocycles. The van der Waals surface area contributed by atoms with E-state index >= 15 is 0 Å². The summed E-state index contributed by atoms with van der Waals surface area (Å²) < 4.78 is 5.29. The zero-order valence-electron chi connectivity index (χ0n) is 14.3. The molecule has 1 aliphatic rings. The van der Waals surface area contributed by atoms with E-state index in [0.29, 0.717) is 24.3 Å². The number of benzene rings is 2. The van der Waals surface area contributed by atoms with E-state index in [-0.39, 0.29) is 30.6 Å². The van der Waals surface area contributed by atoms with Gasteiger partial charge >= 0.3 is 0 Å². The lowest BCUT2D eigenvalue weighted by molar-refractivity contribution is 0.0533. The number of ether oxygens (including phenoxy) is 1. The molecule has 1 fully saturated rings. The van der Waals surface area contributed by atoms with E-state index in [0.717, 1.165) is 4.90 Å². The predicted molar refractivity (Wildman–Crippen MR) is 101 cm³/mol. The fourth-order valence-electron chi connectivity index (χ4n) is 2.77. The molecule has 26 heavy (non-hydrogen) atoms. The molecule has 1 N–H and O–H groups in total. The van der Waals surface area contributed by atoms with Gasteiger partial charge in [0.1, 0.15) is 0 Å². The molecule has 0 aromatic heterocycles. The van der Waals surface area contributed by atoms with Gasteiger partial charge < -0.3 is 14.7 Å². The summed E-state index contributed by atoms with van der Waals surface area (Å²) >= 11 is 1.36. The molecule has 1 saturated heterocycles. The summed E-state index contributed by atoms with van der Waals surface area (Å²) in [5.74, 6) is 0.140. The standard InChI is InChI=1S/C20H21NO4S/c22-16-12-21(10-11-25-13-16)20(24)17-8-4-5-9-19(17)26-14-18(23)15-6-2-1-3-7-15/h1-9,16,22H,10-14H2. The first-order valence-corrected chi connectivity index (χ1v) is 9.49. The van der Waals surface area contributed by atoms with Crippen molar-refractivity contribution in [2.75, 3.05) is 32.1 Å². The lowest BCUT2D eigenvalue weighted by Gasteiger charge is -2.22. The second-order valence-electron chi connectivity index (χ2n) is 6.05. The molecule has 0 saturated carbocycles. The van der Waals surface area contributed by atoms with E-state index in [2.05, 4.69) is 0 Å². The van der Waals surface area contributed by atoms with Gasteiger partial charge in [0.25, 0.3) is 5.91 Å². The summed E-state index contributed by atoms with van der Waals surface area (Å²) in [6.45, 7) is 1.34. The van der Waals surface area contributed by atoms with Crippen molar-refractivity contribution in [3.63, 3.8) is 0 Å². The highest BCUT2D eigenvalue weighted by molar-refractivity contribution is 8.00. The summed E-state index contributed by atoms with van der Waals surface area (Å²) in [4.78, 5) is 27.6. The van der Waals surface area contributed by atoms with Gasteiger partial charge in [-0.3, -0.25) is 9.59 Å². The Labute approximate surface area is 157 Å². The van der Waals surface area contributed by atoms with Crippen LogP contribution in [0.25, 0.3) is 0 Å². The molecular weight excluding hydrogens is 350 g/mol. The first-order valence-electron chi connectivity index (χ1n) is 8.50. The Balaban J connectivity index is 1.71. The molecule has 2 aromatic carbocycles. The molecule has 1 unspecified atom stereocenters. The monoisotopic (exact) mass is 371 g/mol. The molecule has 1 aliphatic heterocycles. The number of ketones is 1. The highest BCUT2D eigenvalue weighted by Gasteiger charge is 2.24. The van der Waals surface area contributed by atoms with Crippen LogP contribution < -0.4 is 0 Å². The number of rotatable bonds is 5. The molecule has 3 rings (SSSR count). The number of carbonyl (C=O) groups excluding carboxylic acids is 2. The van der Waals surface area contributed by atoms with Crippen molar-refractivity contribution >= 4 is 23.5 Å². The van der Waals surface area contributed by atoms with Crippen LogP contribution in [0.15, 0.2) is 59.5 Å². The summed E-state index contributed by atoms with van der Waals surface area (Å²) in [5.41, 5.74) is 1.21. The fourth-order valence-corrected chi connectivity index (χ4v) is 3.71. The Morgan fingerprint density at radius 1 is 1.12 bits per heavy atom. The zero-order valence-corrected chi connectivity index (χ0v) is 15.2. The largest absolute Gasteiger partial charge is 0.389 e. The van der Waals surface area contributed by atoms with Crippen LogP contribution in [0.5, 0.6) is 0 Å². The van der Waals surface area contributed by atoms with Crippen molar-refractivity contribution < 1.29 is 19.4 Å². The second kappa shape index (κ2) is 8.98. The number of aliphatic hydroxyl groups excluding tert-OH is 1. The normalized spacial score (nSPS) is 17.6. The summed E-state index contributed by atoms with van der Waals surface area (Å²) in [6.07, 6.45) is -0.680. The molecule has 6 heteroatoms. The first-order chi connectivity index (χ1) is 12.6. The van der Waals surface area contributed by atoms with Gasteiger partial charge in [-0.1, -0.05) is 42.5 Å². The van der Waals surface area contributed by atoms with Gasteiger partial charge in [0.15, 0.2) is 5.78 Å². The Bertz CT molecular complexity index is 765. The molecule has 1 amide bonds. The fraction of sp³-hybridized carbons (Fsp3) is 0.300. The van der Waals surface area contributed by atoms with E-state index < -0.39 is 6.10 Å². The van der Waals surface area contributed by atoms with Crippen molar-refractivity contribution in [3.8, 4) is 0 Å². The Morgan fingerprint density at radius 3 is 2.65 bits per heavy atom. The highest BCUT2D eigenvalue weighted by atomic mass is 32.2. The van der Waals surface area contributed by atoms with Crippen molar-refractivity contribution in [2.24, 2.45) is 0 Å². The minimum Gasteiger partial charge on any atom is -0.389 e. The van der Waals surface area contributed by atoms with Crippen molar-refractivity contribution in [1.82, 2.24) is 4.90 Å². The molecule has 0 radical (unpaired) electrons. The summed E-state index contributed by atoms with van der Waals surface area (Å²) in [6, 6.07) is 16.4. The maximum absolute atomic E-state index is 12.9. The van der Waals surface area contributed by atoms with Crippen LogP contribution in [-0.4, -0.2) is 59.9 Å². The lowest BCUT2D eigenvalue weighted by atomic mass is 10.1. The smallest absolute Gasteiger partial charge is 0.255 e. The van der Waals surface area contributed by atoms with Crippen LogP contribution in [-0.2, 0) is 4.74 Å². The van der Waals surface area contributed by atoms with Crippen LogP contribution in [0.1, 0.15) is 20.7 Å². The maximum atomic E-state index is 12.9. The second-order valence-corrected chi connectivity index (χ2v) is 7.07. The van der Waals surface area contributed by atoms with E-state index in [1.54, 1.807) is 29.2 Å². The van der Waals surface area contributed by atoms with Crippen molar-refractivity contribution in [1.29, 1.82) is 0 Å². The van der Waals surface area contributed by atoms with Crippen LogP contribution in [0.2, 0.25) is 0 Å². The average molecular weight is 371 g/mol. The minimum atomic E-state index is -0.680. The Hall–Kier alpha value is -2.15. The number of thioether (sulfide) groups is 1. The first kappa shape index (κ1) is 18.6. The number of amides is 1. The zero-order chi connectivity index (χ0) is 18.4. The van der Waals surface area contributed by atoms with E-state index in [9.17, 15) is 14.7 Å². The molecule has 1 heterocycles. The summed E-state index contributed by atoms with van der Waals surface area (Å²) in [7, 11) is 0. The van der Waals surface area contributed by atoms with E-state index in [1.807, 2.05) is 30.3 Å². The van der Waals surface area contributed by atoms with E-state index in [1.165, 1.54) is 11.8 Å². The minimum absolute atomic E-state index is 0.0245. The molecule has 136 valence electrons. The topological polar surface area (TPSA) is 66.8 Å². The molecular formula is C20H21NO4S. The highest BCUT2D eigenvalue weighted by Crippen LogP contribution is 2.25. The van der Waals surface area contributed by atoms with Crippen LogP contribution >= 0.6 is 11.8 Å². The van der Waals surface area contributed by atoms with E-state index in [4.69, 9.17) is 4.74 Å². The number of hydrogen-bond acceptors (Lipinski definition) is 5. The number of nitrogens with zero attached hydrogens (tertiary/aromatic N) is 1. The molecule has 0 spiro atoms. The number of carbonyl (C=O) groups is 2. The molecule has 2 aromatic rings. The van der Waals surface area contributed by atoms with Crippen LogP contribution in [0, 0.1) is 0 Å². The third kappa shape index (κ3) is 4.72. The van der Waals surface area contributed by atoms with Crippen LogP contribution in [0.3, 0.4) is 0 Å². The van der Waals surface area contributed by atoms with Gasteiger partial charge in [0, 0.05) is 23.5 Å². The number of hydrogen-bond donors (Lipinski definition) is 1. The van der Waals surface area contributed by atoms with Gasteiger partial charge in [-0.2, -0.15) is 0 Å². The molecule has 0 bridgehead atoms. The quantitative estimate of drug-likeness (QED) is 0.646. The average Bonchev–Trinajstić information content (AvgIpc) is 2.91. The Kier molecular flexibility index (Phi) is 6.44. The van der Waals surface area contributed by atoms with Gasteiger partial charge in [-0.25, -0.2) is 0 Å². The lowest BCUT2D eigenvalue weighted by Crippen LogP contribution is -2.38. The number of β-amino-alcohol motifs (C(OH)–C–C–N with tert-alkyl or cyclic N) is 1.